The first-order valence-electron chi connectivity index (χ1n) is 8.05. The highest BCUT2D eigenvalue weighted by molar-refractivity contribution is 7.80. The highest BCUT2D eigenvalue weighted by atomic mass is 32.1. The number of methoxy groups -OCH3 is 1. The molecule has 2 aromatic rings. The average Bonchev–Trinajstić information content (AvgIpc) is 2.57. The molecule has 0 spiro atoms. The number of nitrogens with one attached hydrogen (secondary N) is 3. The summed E-state index contributed by atoms with van der Waals surface area (Å²) in [5.74, 6) is 0.871. The van der Waals surface area contributed by atoms with Gasteiger partial charge in [0, 0.05) is 11.3 Å². The number of ether oxygens (including phenoxy) is 1. The molecule has 0 aliphatic heterocycles. The molecule has 0 aliphatic carbocycles. The molecular weight excluding hydrogens is 318 g/mol. The van der Waals surface area contributed by atoms with E-state index < -0.39 is 0 Å². The Bertz CT molecular complexity index is 653. The van der Waals surface area contributed by atoms with Crippen molar-refractivity contribution in [3.63, 3.8) is 0 Å². The third kappa shape index (κ3) is 5.22. The van der Waals surface area contributed by atoms with Crippen molar-refractivity contribution in [1.29, 1.82) is 0 Å². The molecule has 0 amide bonds. The lowest BCUT2D eigenvalue weighted by atomic mass is 10.1. The summed E-state index contributed by atoms with van der Waals surface area (Å²) in [5.41, 5.74) is 3.48. The van der Waals surface area contributed by atoms with E-state index in [-0.39, 0.29) is 0 Å². The molecule has 0 saturated carbocycles. The summed E-state index contributed by atoms with van der Waals surface area (Å²) >= 11 is 5.41. The minimum atomic E-state index is 0.300. The van der Waals surface area contributed by atoms with Crippen LogP contribution in [0, 0.1) is 6.92 Å². The Morgan fingerprint density at radius 3 is 2.25 bits per heavy atom. The fraction of sp³-hybridized carbons (Fsp3) is 0.316. The molecule has 0 bridgehead atoms. The molecule has 0 aromatic heterocycles. The van der Waals surface area contributed by atoms with Crippen LogP contribution in [-0.2, 0) is 0 Å². The third-order valence-electron chi connectivity index (χ3n) is 3.99. The number of quaternary nitrogens is 1. The summed E-state index contributed by atoms with van der Waals surface area (Å²) in [7, 11) is 5.97. The average molecular weight is 345 g/mol. The van der Waals surface area contributed by atoms with Gasteiger partial charge in [0.15, 0.2) is 5.11 Å². The van der Waals surface area contributed by atoms with Crippen LogP contribution in [0.1, 0.15) is 17.2 Å². The number of rotatable bonds is 6. The molecule has 0 unspecified atom stereocenters. The number of benzene rings is 2. The van der Waals surface area contributed by atoms with E-state index in [9.17, 15) is 0 Å². The first-order chi connectivity index (χ1) is 11.5. The topological polar surface area (TPSA) is 37.7 Å². The molecule has 0 saturated heterocycles. The zero-order chi connectivity index (χ0) is 17.5. The van der Waals surface area contributed by atoms with E-state index in [2.05, 4.69) is 55.9 Å². The lowest BCUT2D eigenvalue weighted by Gasteiger charge is -2.23. The Balaban J connectivity index is 1.95. The van der Waals surface area contributed by atoms with Crippen molar-refractivity contribution in [3.8, 4) is 5.75 Å². The van der Waals surface area contributed by atoms with Crippen molar-refractivity contribution >= 4 is 23.0 Å². The van der Waals surface area contributed by atoms with Crippen LogP contribution in [0.3, 0.4) is 0 Å². The maximum absolute atomic E-state index is 5.41. The first kappa shape index (κ1) is 18.2. The van der Waals surface area contributed by atoms with Crippen molar-refractivity contribution in [2.24, 2.45) is 0 Å². The normalized spacial score (nSPS) is 11.9. The highest BCUT2D eigenvalue weighted by Gasteiger charge is 2.18. The van der Waals surface area contributed by atoms with Gasteiger partial charge in [-0.3, -0.25) is 0 Å². The van der Waals surface area contributed by atoms with Gasteiger partial charge in [0.1, 0.15) is 11.8 Å². The molecule has 0 aliphatic rings. The SMILES string of the molecule is COc1ccc([C@H](CNC(=S)Nc2ccc(C)cc2)[NH+](C)C)cc1. The Labute approximate surface area is 149 Å². The van der Waals surface area contributed by atoms with Gasteiger partial charge in [0.2, 0.25) is 0 Å². The summed E-state index contributed by atoms with van der Waals surface area (Å²) in [4.78, 5) is 1.34. The molecule has 0 fully saturated rings. The van der Waals surface area contributed by atoms with E-state index in [1.807, 2.05) is 24.3 Å². The summed E-state index contributed by atoms with van der Waals surface area (Å²) in [5, 5.41) is 7.18. The Kier molecular flexibility index (Phi) is 6.58. The number of thiocarbonyl (C=S) groups is 1. The van der Waals surface area contributed by atoms with Crippen molar-refractivity contribution < 1.29 is 9.64 Å². The first-order valence-corrected chi connectivity index (χ1v) is 8.46. The Hall–Kier alpha value is -2.11. The number of aryl methyl sites for hydroxylation is 1. The van der Waals surface area contributed by atoms with Crippen molar-refractivity contribution in [2.45, 2.75) is 13.0 Å². The van der Waals surface area contributed by atoms with Gasteiger partial charge < -0.3 is 20.3 Å². The molecule has 1 atom stereocenters. The van der Waals surface area contributed by atoms with Crippen molar-refractivity contribution in [1.82, 2.24) is 5.32 Å². The van der Waals surface area contributed by atoms with Crippen LogP contribution in [0.15, 0.2) is 48.5 Å². The van der Waals surface area contributed by atoms with Crippen LogP contribution in [0.4, 0.5) is 5.69 Å². The van der Waals surface area contributed by atoms with Crippen LogP contribution >= 0.6 is 12.2 Å². The molecular formula is C19H26N3OS+. The van der Waals surface area contributed by atoms with E-state index in [4.69, 9.17) is 17.0 Å². The van der Waals surface area contributed by atoms with Crippen LogP contribution < -0.4 is 20.3 Å². The second-order valence-electron chi connectivity index (χ2n) is 6.10. The van der Waals surface area contributed by atoms with Crippen molar-refractivity contribution in [3.05, 3.63) is 59.7 Å². The number of likely N-dealkylation sites (N-methyl/N-ethyl adjacent to an activating group) is 1. The van der Waals surface area contributed by atoms with E-state index in [1.54, 1.807) is 7.11 Å². The van der Waals surface area contributed by atoms with Gasteiger partial charge in [0.05, 0.1) is 27.7 Å². The number of anilines is 1. The highest BCUT2D eigenvalue weighted by Crippen LogP contribution is 2.15. The Morgan fingerprint density at radius 1 is 1.08 bits per heavy atom. The summed E-state index contributed by atoms with van der Waals surface area (Å²) in [6.45, 7) is 2.83. The predicted octanol–water partition coefficient (Wildman–Crippen LogP) is 2.18. The monoisotopic (exact) mass is 344 g/mol. The molecule has 0 radical (unpaired) electrons. The zero-order valence-electron chi connectivity index (χ0n) is 14.7. The molecule has 0 heterocycles. The van der Waals surface area contributed by atoms with Crippen LogP contribution in [-0.4, -0.2) is 32.9 Å². The minimum absolute atomic E-state index is 0.300. The molecule has 128 valence electrons. The fourth-order valence-electron chi connectivity index (χ4n) is 2.50. The maximum Gasteiger partial charge on any atom is 0.171 e. The lowest BCUT2D eigenvalue weighted by molar-refractivity contribution is -0.890. The van der Waals surface area contributed by atoms with Gasteiger partial charge in [-0.15, -0.1) is 0 Å². The number of hydrogen-bond donors (Lipinski definition) is 3. The third-order valence-corrected chi connectivity index (χ3v) is 4.24. The predicted molar refractivity (Wildman–Crippen MR) is 104 cm³/mol. The summed E-state index contributed by atoms with van der Waals surface area (Å²) in [6, 6.07) is 16.7. The van der Waals surface area contributed by atoms with Gasteiger partial charge in [0.25, 0.3) is 0 Å². The van der Waals surface area contributed by atoms with E-state index in [0.29, 0.717) is 11.2 Å². The standard InChI is InChI=1S/C19H25N3OS/c1-14-5-9-16(10-6-14)21-19(24)20-13-18(22(2)3)15-7-11-17(23-4)12-8-15/h5-12,18H,13H2,1-4H3,(H2,20,21,24)/p+1/t18-/m0/s1. The van der Waals surface area contributed by atoms with Crippen molar-refractivity contribution in [2.75, 3.05) is 33.1 Å². The van der Waals surface area contributed by atoms with E-state index >= 15 is 0 Å². The van der Waals surface area contributed by atoms with Gasteiger partial charge >= 0.3 is 0 Å². The van der Waals surface area contributed by atoms with Gasteiger partial charge in [-0.2, -0.15) is 0 Å². The quantitative estimate of drug-likeness (QED) is 0.702. The minimum Gasteiger partial charge on any atom is -0.497 e. The van der Waals surface area contributed by atoms with E-state index in [0.717, 1.165) is 18.0 Å². The lowest BCUT2D eigenvalue weighted by Crippen LogP contribution is -3.07. The maximum atomic E-state index is 5.41. The molecule has 3 N–H and O–H groups in total. The summed E-state index contributed by atoms with van der Waals surface area (Å²) < 4.78 is 5.23. The fourth-order valence-corrected chi connectivity index (χ4v) is 2.70. The Morgan fingerprint density at radius 2 is 1.71 bits per heavy atom. The van der Waals surface area contributed by atoms with E-state index in [1.165, 1.54) is 16.0 Å². The zero-order valence-corrected chi connectivity index (χ0v) is 15.5. The largest absolute Gasteiger partial charge is 0.497 e. The molecule has 5 heteroatoms. The molecule has 2 rings (SSSR count). The summed E-state index contributed by atoms with van der Waals surface area (Å²) in [6.07, 6.45) is 0. The van der Waals surface area contributed by atoms with Crippen LogP contribution in [0.25, 0.3) is 0 Å². The smallest absolute Gasteiger partial charge is 0.171 e. The van der Waals surface area contributed by atoms with Crippen LogP contribution in [0.2, 0.25) is 0 Å². The molecule has 24 heavy (non-hydrogen) atoms. The second kappa shape index (κ2) is 8.66. The molecule has 4 nitrogen and oxygen atoms in total. The van der Waals surface area contributed by atoms with Gasteiger partial charge in [-0.05, 0) is 55.5 Å². The second-order valence-corrected chi connectivity index (χ2v) is 6.51. The van der Waals surface area contributed by atoms with Crippen LogP contribution in [0.5, 0.6) is 5.75 Å². The number of hydrogen-bond acceptors (Lipinski definition) is 2. The van der Waals surface area contributed by atoms with Gasteiger partial charge in [-0.25, -0.2) is 0 Å². The van der Waals surface area contributed by atoms with Gasteiger partial charge in [-0.1, -0.05) is 17.7 Å². The molecule has 2 aromatic carbocycles.